The summed E-state index contributed by atoms with van der Waals surface area (Å²) < 4.78 is 28.9. The van der Waals surface area contributed by atoms with Crippen LogP contribution in [0.4, 0.5) is 5.95 Å². The fourth-order valence-electron chi connectivity index (χ4n) is 3.13. The SMILES string of the molecule is CCCn1c(NC(=O)C2=CN3CCS(=O)(=O)N=C3C=C2)nc2ccccc21. The highest BCUT2D eigenvalue weighted by molar-refractivity contribution is 7.90. The van der Waals surface area contributed by atoms with Gasteiger partial charge in [-0.3, -0.25) is 10.1 Å². The molecule has 0 spiro atoms. The first-order chi connectivity index (χ1) is 13.0. The molecule has 4 rings (SSSR count). The minimum atomic E-state index is -3.41. The normalized spacial score (nSPS) is 18.0. The number of imidazole rings is 1. The Kier molecular flexibility index (Phi) is 4.31. The molecule has 0 saturated heterocycles. The van der Waals surface area contributed by atoms with Crippen molar-refractivity contribution in [2.75, 3.05) is 17.6 Å². The highest BCUT2D eigenvalue weighted by atomic mass is 32.2. The number of hydrogen-bond donors (Lipinski definition) is 1. The number of carbonyl (C=O) groups excluding carboxylic acids is 1. The molecule has 2 aliphatic heterocycles. The summed E-state index contributed by atoms with van der Waals surface area (Å²) in [6.45, 7) is 3.08. The molecule has 140 valence electrons. The van der Waals surface area contributed by atoms with E-state index in [1.165, 1.54) is 0 Å². The lowest BCUT2D eigenvalue weighted by Crippen LogP contribution is -2.37. The van der Waals surface area contributed by atoms with E-state index in [1.807, 2.05) is 28.8 Å². The Balaban J connectivity index is 1.60. The fourth-order valence-corrected chi connectivity index (χ4v) is 4.10. The smallest absolute Gasteiger partial charge is 0.259 e. The minimum absolute atomic E-state index is 0.0674. The van der Waals surface area contributed by atoms with Gasteiger partial charge >= 0.3 is 0 Å². The zero-order valence-corrected chi connectivity index (χ0v) is 15.6. The Bertz CT molecular complexity index is 1110. The van der Waals surface area contributed by atoms with Crippen LogP contribution in [0.25, 0.3) is 11.0 Å². The van der Waals surface area contributed by atoms with Crippen LogP contribution >= 0.6 is 0 Å². The number of anilines is 1. The van der Waals surface area contributed by atoms with Crippen molar-refractivity contribution < 1.29 is 13.2 Å². The Morgan fingerprint density at radius 2 is 2.07 bits per heavy atom. The number of aryl methyl sites for hydroxylation is 1. The molecule has 0 aliphatic carbocycles. The van der Waals surface area contributed by atoms with Crippen LogP contribution in [0.5, 0.6) is 0 Å². The van der Waals surface area contributed by atoms with Gasteiger partial charge in [-0.2, -0.15) is 0 Å². The summed E-state index contributed by atoms with van der Waals surface area (Å²) in [7, 11) is -3.41. The van der Waals surface area contributed by atoms with E-state index in [9.17, 15) is 13.2 Å². The van der Waals surface area contributed by atoms with Gasteiger partial charge in [-0.1, -0.05) is 19.1 Å². The topological polar surface area (TPSA) is 96.7 Å². The summed E-state index contributed by atoms with van der Waals surface area (Å²) in [6, 6.07) is 7.74. The number of amidine groups is 1. The van der Waals surface area contributed by atoms with E-state index in [0.717, 1.165) is 24.0 Å². The first kappa shape index (κ1) is 17.5. The third-order valence-electron chi connectivity index (χ3n) is 4.41. The van der Waals surface area contributed by atoms with Crippen molar-refractivity contribution in [3.05, 3.63) is 48.2 Å². The molecule has 3 heterocycles. The number of hydrogen-bond acceptors (Lipinski definition) is 5. The first-order valence-electron chi connectivity index (χ1n) is 8.72. The van der Waals surface area contributed by atoms with Gasteiger partial charge in [-0.15, -0.1) is 4.40 Å². The molecule has 0 radical (unpaired) electrons. The van der Waals surface area contributed by atoms with Crippen molar-refractivity contribution in [1.29, 1.82) is 0 Å². The van der Waals surface area contributed by atoms with Gasteiger partial charge in [-0.25, -0.2) is 13.4 Å². The molecule has 9 heteroatoms. The van der Waals surface area contributed by atoms with E-state index in [1.54, 1.807) is 23.3 Å². The minimum Gasteiger partial charge on any atom is -0.330 e. The van der Waals surface area contributed by atoms with Crippen LogP contribution in [0, 0.1) is 0 Å². The monoisotopic (exact) mass is 385 g/mol. The van der Waals surface area contributed by atoms with Crippen LogP contribution in [0.15, 0.2) is 52.6 Å². The summed E-state index contributed by atoms with van der Waals surface area (Å²) >= 11 is 0. The third kappa shape index (κ3) is 3.37. The molecule has 8 nitrogen and oxygen atoms in total. The molecule has 0 bridgehead atoms. The number of amides is 1. The molecular weight excluding hydrogens is 366 g/mol. The Labute approximate surface area is 157 Å². The lowest BCUT2D eigenvalue weighted by Gasteiger charge is -2.26. The van der Waals surface area contributed by atoms with Crippen LogP contribution in [0.1, 0.15) is 13.3 Å². The van der Waals surface area contributed by atoms with Gasteiger partial charge in [0.1, 0.15) is 5.84 Å². The van der Waals surface area contributed by atoms with Crippen molar-refractivity contribution in [3.63, 3.8) is 0 Å². The maximum Gasteiger partial charge on any atom is 0.259 e. The van der Waals surface area contributed by atoms with Crippen LogP contribution in [-0.2, 0) is 21.4 Å². The predicted molar refractivity (Wildman–Crippen MR) is 104 cm³/mol. The zero-order chi connectivity index (χ0) is 19.0. The van der Waals surface area contributed by atoms with Crippen molar-refractivity contribution in [3.8, 4) is 0 Å². The van der Waals surface area contributed by atoms with E-state index in [4.69, 9.17) is 0 Å². The maximum absolute atomic E-state index is 12.7. The molecule has 0 unspecified atom stereocenters. The molecular formula is C18H19N5O3S. The standard InChI is InChI=1S/C18H19N5O3S/c1-2-9-23-15-6-4-3-5-14(15)19-18(23)20-17(24)13-7-8-16-21-27(25,26)11-10-22(16)12-13/h3-8,12H,2,9-11H2,1H3,(H,19,20,24). The maximum atomic E-state index is 12.7. The number of rotatable bonds is 4. The summed E-state index contributed by atoms with van der Waals surface area (Å²) in [5, 5.41) is 2.87. The lowest BCUT2D eigenvalue weighted by atomic mass is 10.2. The summed E-state index contributed by atoms with van der Waals surface area (Å²) in [4.78, 5) is 18.9. The summed E-state index contributed by atoms with van der Waals surface area (Å²) in [6.07, 6.45) is 5.64. The van der Waals surface area contributed by atoms with E-state index in [-0.39, 0.29) is 18.2 Å². The molecule has 1 aromatic heterocycles. The Morgan fingerprint density at radius 3 is 2.89 bits per heavy atom. The molecule has 2 aromatic rings. The number of fused-ring (bicyclic) bond motifs is 2. The highest BCUT2D eigenvalue weighted by Crippen LogP contribution is 2.22. The van der Waals surface area contributed by atoms with Crippen LogP contribution in [-0.4, -0.2) is 46.9 Å². The second kappa shape index (κ2) is 6.66. The number of sulfonamides is 1. The Morgan fingerprint density at radius 1 is 1.26 bits per heavy atom. The molecule has 1 N–H and O–H groups in total. The number of nitrogens with zero attached hydrogens (tertiary/aromatic N) is 4. The van der Waals surface area contributed by atoms with Gasteiger partial charge in [0, 0.05) is 19.3 Å². The number of benzene rings is 1. The van der Waals surface area contributed by atoms with Crippen LogP contribution in [0.2, 0.25) is 0 Å². The van der Waals surface area contributed by atoms with Crippen LogP contribution < -0.4 is 5.32 Å². The second-order valence-corrected chi connectivity index (χ2v) is 8.13. The number of para-hydroxylation sites is 2. The van der Waals surface area contributed by atoms with Crippen molar-refractivity contribution in [2.45, 2.75) is 19.9 Å². The van der Waals surface area contributed by atoms with Crippen molar-refractivity contribution in [2.24, 2.45) is 4.40 Å². The van der Waals surface area contributed by atoms with E-state index in [2.05, 4.69) is 21.6 Å². The average Bonchev–Trinajstić information content (AvgIpc) is 2.98. The molecule has 0 fully saturated rings. The number of carbonyl (C=O) groups is 1. The first-order valence-corrected chi connectivity index (χ1v) is 10.3. The molecule has 1 amide bonds. The number of nitrogens with one attached hydrogen (secondary N) is 1. The quantitative estimate of drug-likeness (QED) is 0.867. The fraction of sp³-hybridized carbons (Fsp3) is 0.278. The van der Waals surface area contributed by atoms with Gasteiger partial charge in [0.2, 0.25) is 5.95 Å². The third-order valence-corrected chi connectivity index (χ3v) is 5.58. The van der Waals surface area contributed by atoms with Gasteiger partial charge in [0.15, 0.2) is 0 Å². The lowest BCUT2D eigenvalue weighted by molar-refractivity contribution is -0.112. The molecule has 0 saturated carbocycles. The van der Waals surface area contributed by atoms with Gasteiger partial charge in [0.05, 0.1) is 22.4 Å². The Hall–Kier alpha value is -2.94. The number of aromatic nitrogens is 2. The largest absolute Gasteiger partial charge is 0.330 e. The van der Waals surface area contributed by atoms with Gasteiger partial charge in [-0.05, 0) is 30.7 Å². The average molecular weight is 385 g/mol. The van der Waals surface area contributed by atoms with E-state index in [0.29, 0.717) is 17.4 Å². The molecule has 0 atom stereocenters. The summed E-state index contributed by atoms with van der Waals surface area (Å²) in [5.41, 5.74) is 2.21. The predicted octanol–water partition coefficient (Wildman–Crippen LogP) is 1.88. The van der Waals surface area contributed by atoms with Crippen molar-refractivity contribution >= 4 is 38.7 Å². The second-order valence-electron chi connectivity index (χ2n) is 6.38. The van der Waals surface area contributed by atoms with Crippen molar-refractivity contribution in [1.82, 2.24) is 14.5 Å². The summed E-state index contributed by atoms with van der Waals surface area (Å²) in [5.74, 6) is 0.461. The van der Waals surface area contributed by atoms with Gasteiger partial charge < -0.3 is 9.47 Å². The van der Waals surface area contributed by atoms with Gasteiger partial charge in [0.25, 0.3) is 15.9 Å². The van der Waals surface area contributed by atoms with E-state index >= 15 is 0 Å². The molecule has 2 aliphatic rings. The van der Waals surface area contributed by atoms with E-state index < -0.39 is 10.0 Å². The van der Waals surface area contributed by atoms with Crippen LogP contribution in [0.3, 0.4) is 0 Å². The molecule has 27 heavy (non-hydrogen) atoms. The molecule has 1 aromatic carbocycles. The zero-order valence-electron chi connectivity index (χ0n) is 14.8. The highest BCUT2D eigenvalue weighted by Gasteiger charge is 2.25.